The van der Waals surface area contributed by atoms with Crippen LogP contribution in [0, 0.1) is 0 Å². The largest absolute Gasteiger partial charge is 0.472 e. The number of likely N-dealkylation sites (N-methyl/N-ethyl adjacent to an activating group) is 1. The second-order valence-corrected chi connectivity index (χ2v) is 26.1. The minimum Gasteiger partial charge on any atom is -0.456 e. The first-order valence-electron chi connectivity index (χ1n) is 35.2. The van der Waals surface area contributed by atoms with E-state index in [9.17, 15) is 19.0 Å². The molecule has 9 nitrogen and oxygen atoms in total. The lowest BCUT2D eigenvalue weighted by atomic mass is 10.0. The van der Waals surface area contributed by atoms with Crippen LogP contribution < -0.4 is 5.32 Å². The molecule has 0 aliphatic heterocycles. The number of carbonyl (C=O) groups is 2. The monoisotopic (exact) mass is 1210 g/mol. The van der Waals surface area contributed by atoms with Crippen molar-refractivity contribution >= 4 is 19.7 Å². The van der Waals surface area contributed by atoms with Gasteiger partial charge in [0.1, 0.15) is 19.3 Å². The molecule has 0 aromatic heterocycles. The highest BCUT2D eigenvalue weighted by Crippen LogP contribution is 2.43. The van der Waals surface area contributed by atoms with Crippen LogP contribution in [0.25, 0.3) is 0 Å². The predicted octanol–water partition coefficient (Wildman–Crippen LogP) is 22.5. The Morgan fingerprint density at radius 1 is 0.424 bits per heavy atom. The van der Waals surface area contributed by atoms with Crippen molar-refractivity contribution in [1.82, 2.24) is 5.32 Å². The molecule has 0 bridgehead atoms. The molecular weight excluding hydrogens is 1070 g/mol. The Balaban J connectivity index is 5.07. The van der Waals surface area contributed by atoms with Gasteiger partial charge < -0.3 is 19.4 Å². The Labute approximate surface area is 525 Å². The summed E-state index contributed by atoms with van der Waals surface area (Å²) in [5.41, 5.74) is 0. The van der Waals surface area contributed by atoms with Gasteiger partial charge >= 0.3 is 13.8 Å². The fraction of sp³-hybridized carbons (Fsp3) is 0.733. The van der Waals surface area contributed by atoms with Crippen LogP contribution in [0.15, 0.2) is 109 Å². The average molecular weight is 1210 g/mol. The summed E-state index contributed by atoms with van der Waals surface area (Å²) in [5.74, 6) is -0.520. The molecule has 0 heterocycles. The topological polar surface area (TPSA) is 111 Å². The molecule has 0 spiro atoms. The molecule has 85 heavy (non-hydrogen) atoms. The van der Waals surface area contributed by atoms with Crippen molar-refractivity contribution < 1.29 is 37.3 Å². The Kier molecular flexibility index (Phi) is 61.2. The van der Waals surface area contributed by atoms with Crippen molar-refractivity contribution in [3.8, 4) is 0 Å². The number of allylic oxidation sites excluding steroid dienone is 17. The summed E-state index contributed by atoms with van der Waals surface area (Å²) in [6.07, 6.45) is 88.1. The van der Waals surface area contributed by atoms with E-state index >= 15 is 0 Å². The number of rotatable bonds is 63. The lowest BCUT2D eigenvalue weighted by Gasteiger charge is -2.27. The molecule has 10 heteroatoms. The van der Waals surface area contributed by atoms with Crippen LogP contribution in [0.3, 0.4) is 0 Å². The van der Waals surface area contributed by atoms with Crippen molar-refractivity contribution in [2.24, 2.45) is 0 Å². The number of quaternary nitrogens is 1. The second-order valence-electron chi connectivity index (χ2n) is 24.7. The SMILES string of the molecule is CC/C=C\C/C=C\C/C=C\C/C=C\C/C=C\CCCCCCCCCC(=O)NC(COP(=O)(O)OCC[N+](C)(C)C)C(/C=C/CCCCCCCCCCC)OC(=O)CCCCCCCCCCCCCC/C=C\C/C=C\C/C=C\CCCCC. The van der Waals surface area contributed by atoms with Gasteiger partial charge in [-0.15, -0.1) is 0 Å². The Hall–Kier alpha value is -3.33. The van der Waals surface area contributed by atoms with E-state index in [1.807, 2.05) is 33.3 Å². The third-order valence-electron chi connectivity index (χ3n) is 15.2. The molecule has 0 aliphatic rings. The van der Waals surface area contributed by atoms with E-state index in [2.05, 4.69) is 123 Å². The number of esters is 1. The van der Waals surface area contributed by atoms with E-state index in [4.69, 9.17) is 13.8 Å². The number of carbonyl (C=O) groups excluding carboxylic acids is 2. The van der Waals surface area contributed by atoms with Gasteiger partial charge in [-0.1, -0.05) is 285 Å². The molecule has 1 amide bonds. The van der Waals surface area contributed by atoms with Crippen molar-refractivity contribution in [2.45, 2.75) is 315 Å². The van der Waals surface area contributed by atoms with Gasteiger partial charge in [-0.05, 0) is 115 Å². The fourth-order valence-electron chi connectivity index (χ4n) is 9.80. The fourth-order valence-corrected chi connectivity index (χ4v) is 10.5. The van der Waals surface area contributed by atoms with E-state index in [0.29, 0.717) is 17.4 Å². The van der Waals surface area contributed by atoms with Gasteiger partial charge in [0, 0.05) is 12.8 Å². The highest BCUT2D eigenvalue weighted by molar-refractivity contribution is 7.47. The van der Waals surface area contributed by atoms with Gasteiger partial charge in [0.15, 0.2) is 0 Å². The zero-order valence-electron chi connectivity index (χ0n) is 56.1. The molecule has 0 radical (unpaired) electrons. The average Bonchev–Trinajstić information content (AvgIpc) is 3.62. The zero-order valence-corrected chi connectivity index (χ0v) is 57.0. The number of nitrogens with one attached hydrogen (secondary N) is 1. The summed E-state index contributed by atoms with van der Waals surface area (Å²) < 4.78 is 30.8. The van der Waals surface area contributed by atoms with Crippen LogP contribution in [-0.2, 0) is 27.9 Å². The van der Waals surface area contributed by atoms with Crippen LogP contribution in [0.5, 0.6) is 0 Å². The number of ether oxygens (including phenoxy) is 1. The van der Waals surface area contributed by atoms with Gasteiger partial charge in [-0.2, -0.15) is 0 Å². The first-order chi connectivity index (χ1) is 41.4. The van der Waals surface area contributed by atoms with Crippen molar-refractivity contribution in [1.29, 1.82) is 0 Å². The maximum Gasteiger partial charge on any atom is 0.472 e. The number of phosphoric ester groups is 1. The molecule has 2 N–H and O–H groups in total. The lowest BCUT2D eigenvalue weighted by Crippen LogP contribution is -2.47. The van der Waals surface area contributed by atoms with Gasteiger partial charge in [-0.3, -0.25) is 18.6 Å². The van der Waals surface area contributed by atoms with E-state index in [-0.39, 0.29) is 31.5 Å². The lowest BCUT2D eigenvalue weighted by molar-refractivity contribution is -0.870. The van der Waals surface area contributed by atoms with Gasteiger partial charge in [0.05, 0.1) is 33.8 Å². The maximum atomic E-state index is 13.6. The normalized spacial score (nSPS) is 14.2. The summed E-state index contributed by atoms with van der Waals surface area (Å²) in [6.45, 7) is 6.87. The summed E-state index contributed by atoms with van der Waals surface area (Å²) in [6, 6.07) is -0.862. The molecule has 0 aliphatic carbocycles. The standard InChI is InChI=1S/C75H133N2O7P/c1-7-10-13-16-19-22-25-27-29-31-33-35-37-38-40-42-44-46-48-50-53-56-59-62-65-68-75(79)84-73(66-63-60-57-54-51-24-21-18-15-12-9-3)72(71-83-85(80,81)82-70-69-77(4,5)6)76-74(78)67-64-61-58-55-52-49-47-45-43-41-39-36-34-32-30-28-26-23-20-17-14-11-8-2/h11,14,19-20,22-23,27-30,33-36,41,43,63,66,72-73H,7-10,12-13,15-18,21,24-26,31-32,37-40,42,44-62,64-65,67-71H2,1-6H3,(H-,76,78,80,81)/p+1/b14-11-,22-19-,23-20-,29-27-,30-28-,35-33-,36-34-,43-41-,66-63+. The van der Waals surface area contributed by atoms with Crippen molar-refractivity contribution in [3.63, 3.8) is 0 Å². The van der Waals surface area contributed by atoms with Gasteiger partial charge in [0.25, 0.3) is 0 Å². The minimum atomic E-state index is -4.46. The summed E-state index contributed by atoms with van der Waals surface area (Å²) >= 11 is 0. The molecule has 3 unspecified atom stereocenters. The number of nitrogens with zero attached hydrogens (tertiary/aromatic N) is 1. The summed E-state index contributed by atoms with van der Waals surface area (Å²) in [7, 11) is 1.48. The van der Waals surface area contributed by atoms with E-state index in [1.165, 1.54) is 154 Å². The molecule has 0 rings (SSSR count). The minimum absolute atomic E-state index is 0.0329. The van der Waals surface area contributed by atoms with Crippen LogP contribution in [0.4, 0.5) is 0 Å². The first kappa shape index (κ1) is 81.7. The molecule has 0 aromatic carbocycles. The highest BCUT2D eigenvalue weighted by atomic mass is 31.2. The van der Waals surface area contributed by atoms with Crippen LogP contribution in [0.2, 0.25) is 0 Å². The number of amides is 1. The van der Waals surface area contributed by atoms with Crippen molar-refractivity contribution in [3.05, 3.63) is 109 Å². The quantitative estimate of drug-likeness (QED) is 0.0205. The Morgan fingerprint density at radius 2 is 0.753 bits per heavy atom. The smallest absolute Gasteiger partial charge is 0.456 e. The first-order valence-corrected chi connectivity index (χ1v) is 36.7. The Bertz CT molecular complexity index is 1820. The van der Waals surface area contributed by atoms with Crippen molar-refractivity contribution in [2.75, 3.05) is 40.9 Å². The summed E-state index contributed by atoms with van der Waals surface area (Å²) in [5, 5.41) is 3.06. The van der Waals surface area contributed by atoms with Crippen LogP contribution >= 0.6 is 7.82 Å². The predicted molar refractivity (Wildman–Crippen MR) is 369 cm³/mol. The molecule has 0 aromatic rings. The molecule has 3 atom stereocenters. The van der Waals surface area contributed by atoms with Gasteiger partial charge in [-0.25, -0.2) is 4.57 Å². The molecule has 0 saturated heterocycles. The zero-order chi connectivity index (χ0) is 62.1. The molecular formula is C75H134N2O7P+. The number of hydrogen-bond acceptors (Lipinski definition) is 6. The van der Waals surface area contributed by atoms with Crippen LogP contribution in [-0.4, -0.2) is 74.3 Å². The third-order valence-corrected chi connectivity index (χ3v) is 16.2. The van der Waals surface area contributed by atoms with E-state index in [1.54, 1.807) is 0 Å². The number of hydrogen-bond donors (Lipinski definition) is 2. The second kappa shape index (κ2) is 63.7. The molecule has 490 valence electrons. The van der Waals surface area contributed by atoms with Crippen LogP contribution in [0.1, 0.15) is 303 Å². The summed E-state index contributed by atoms with van der Waals surface area (Å²) in [4.78, 5) is 37.9. The Morgan fingerprint density at radius 3 is 1.15 bits per heavy atom. The van der Waals surface area contributed by atoms with Gasteiger partial charge in [0.2, 0.25) is 5.91 Å². The number of phosphoric acid groups is 1. The van der Waals surface area contributed by atoms with E-state index in [0.717, 1.165) is 116 Å². The molecule has 0 fully saturated rings. The highest BCUT2D eigenvalue weighted by Gasteiger charge is 2.30. The maximum absolute atomic E-state index is 13.6. The van der Waals surface area contributed by atoms with E-state index < -0.39 is 20.0 Å². The number of unbranched alkanes of at least 4 members (excludes halogenated alkanes) is 31. The molecule has 0 saturated carbocycles. The third kappa shape index (κ3) is 65.0.